The molecule has 1 aromatic heterocycles. The largest absolute Gasteiger partial charge is 0.298 e. The first-order valence-electron chi connectivity index (χ1n) is 9.40. The standard InChI is InChI=1S/C23H16N4O3S2/c24-14-16-6-8-17(9-7-16)21-15-31-23(25-21)26-22(28)18-10-12-19(13-11-18)27-32(29,30)20-4-2-1-3-5-20/h1-13,15,27H,(H,25,26,28). The number of nitrogens with zero attached hydrogens (tertiary/aromatic N) is 2. The summed E-state index contributed by atoms with van der Waals surface area (Å²) in [5.41, 5.74) is 2.81. The summed E-state index contributed by atoms with van der Waals surface area (Å²) < 4.78 is 27.3. The first kappa shape index (κ1) is 21.2. The quantitative estimate of drug-likeness (QED) is 0.432. The molecule has 7 nitrogen and oxygen atoms in total. The summed E-state index contributed by atoms with van der Waals surface area (Å²) in [6.07, 6.45) is 0. The van der Waals surface area contributed by atoms with E-state index in [1.54, 1.807) is 42.5 Å². The van der Waals surface area contributed by atoms with Crippen LogP contribution in [0.15, 0.2) is 89.1 Å². The Morgan fingerprint density at radius 3 is 2.28 bits per heavy atom. The molecule has 0 aliphatic carbocycles. The Balaban J connectivity index is 1.42. The fourth-order valence-corrected chi connectivity index (χ4v) is 4.65. The molecule has 2 N–H and O–H groups in total. The highest BCUT2D eigenvalue weighted by Gasteiger charge is 2.14. The van der Waals surface area contributed by atoms with E-state index in [9.17, 15) is 13.2 Å². The Morgan fingerprint density at radius 2 is 1.62 bits per heavy atom. The van der Waals surface area contributed by atoms with Crippen LogP contribution in [0.2, 0.25) is 0 Å². The van der Waals surface area contributed by atoms with Crippen LogP contribution in [0.5, 0.6) is 0 Å². The molecular formula is C23H16N4O3S2. The number of hydrogen-bond donors (Lipinski definition) is 2. The fraction of sp³-hybridized carbons (Fsp3) is 0. The maximum atomic E-state index is 12.5. The molecule has 32 heavy (non-hydrogen) atoms. The molecule has 0 saturated heterocycles. The summed E-state index contributed by atoms with van der Waals surface area (Å²) in [6.45, 7) is 0. The zero-order valence-corrected chi connectivity index (χ0v) is 18.2. The molecule has 4 aromatic rings. The minimum atomic E-state index is -3.70. The molecule has 0 bridgehead atoms. The molecule has 0 aliphatic rings. The number of aromatic nitrogens is 1. The van der Waals surface area contributed by atoms with Crippen molar-refractivity contribution in [3.8, 4) is 17.3 Å². The topological polar surface area (TPSA) is 112 Å². The van der Waals surface area contributed by atoms with Gasteiger partial charge in [-0.25, -0.2) is 13.4 Å². The lowest BCUT2D eigenvalue weighted by Crippen LogP contribution is -2.14. The van der Waals surface area contributed by atoms with E-state index in [0.717, 1.165) is 5.56 Å². The van der Waals surface area contributed by atoms with Crippen LogP contribution in [0, 0.1) is 11.3 Å². The maximum Gasteiger partial charge on any atom is 0.261 e. The van der Waals surface area contributed by atoms with E-state index in [1.807, 2.05) is 5.38 Å². The van der Waals surface area contributed by atoms with Crippen LogP contribution >= 0.6 is 11.3 Å². The van der Waals surface area contributed by atoms with Gasteiger partial charge in [-0.2, -0.15) is 5.26 Å². The third kappa shape index (κ3) is 4.83. The Hall–Kier alpha value is -4.00. The van der Waals surface area contributed by atoms with Gasteiger partial charge in [0.25, 0.3) is 15.9 Å². The second-order valence-corrected chi connectivity index (χ2v) is 9.22. The molecule has 4 rings (SSSR count). The molecule has 1 heterocycles. The summed E-state index contributed by atoms with van der Waals surface area (Å²) in [4.78, 5) is 17.1. The average molecular weight is 461 g/mol. The molecule has 0 fully saturated rings. The van der Waals surface area contributed by atoms with Crippen molar-refractivity contribution in [1.82, 2.24) is 4.98 Å². The van der Waals surface area contributed by atoms with Crippen LogP contribution in [-0.4, -0.2) is 19.3 Å². The molecule has 9 heteroatoms. The van der Waals surface area contributed by atoms with Gasteiger partial charge in [0.15, 0.2) is 5.13 Å². The summed E-state index contributed by atoms with van der Waals surface area (Å²) in [6, 6.07) is 23.2. The zero-order valence-electron chi connectivity index (χ0n) is 16.5. The summed E-state index contributed by atoms with van der Waals surface area (Å²) in [5, 5.41) is 13.9. The first-order chi connectivity index (χ1) is 15.4. The number of amides is 1. The molecule has 0 unspecified atom stereocenters. The van der Waals surface area contributed by atoms with Crippen molar-refractivity contribution < 1.29 is 13.2 Å². The number of sulfonamides is 1. The van der Waals surface area contributed by atoms with Gasteiger partial charge in [0.2, 0.25) is 0 Å². The van der Waals surface area contributed by atoms with Crippen molar-refractivity contribution >= 4 is 38.1 Å². The SMILES string of the molecule is N#Cc1ccc(-c2csc(NC(=O)c3ccc(NS(=O)(=O)c4ccccc4)cc3)n2)cc1. The van der Waals surface area contributed by atoms with E-state index >= 15 is 0 Å². The lowest BCUT2D eigenvalue weighted by atomic mass is 10.1. The van der Waals surface area contributed by atoms with Crippen molar-refractivity contribution in [2.75, 3.05) is 10.0 Å². The van der Waals surface area contributed by atoms with Gasteiger partial charge in [0.1, 0.15) is 0 Å². The minimum Gasteiger partial charge on any atom is -0.298 e. The highest BCUT2D eigenvalue weighted by molar-refractivity contribution is 7.92. The molecular weight excluding hydrogens is 444 g/mol. The Labute approximate surface area is 189 Å². The van der Waals surface area contributed by atoms with E-state index in [4.69, 9.17) is 5.26 Å². The van der Waals surface area contributed by atoms with Gasteiger partial charge < -0.3 is 0 Å². The lowest BCUT2D eigenvalue weighted by Gasteiger charge is -2.08. The normalized spacial score (nSPS) is 10.8. The lowest BCUT2D eigenvalue weighted by molar-refractivity contribution is 0.102. The van der Waals surface area contributed by atoms with Crippen molar-refractivity contribution in [2.24, 2.45) is 0 Å². The number of thiazole rings is 1. The Bertz CT molecular complexity index is 1390. The number of carbonyl (C=O) groups is 1. The molecule has 1 amide bonds. The maximum absolute atomic E-state index is 12.5. The number of benzene rings is 3. The van der Waals surface area contributed by atoms with E-state index in [-0.39, 0.29) is 10.8 Å². The van der Waals surface area contributed by atoms with Crippen molar-refractivity contribution in [3.63, 3.8) is 0 Å². The number of hydrogen-bond acceptors (Lipinski definition) is 6. The summed E-state index contributed by atoms with van der Waals surface area (Å²) >= 11 is 1.29. The van der Waals surface area contributed by atoms with Crippen LogP contribution in [0.1, 0.15) is 15.9 Å². The van der Waals surface area contributed by atoms with Crippen LogP contribution in [0.3, 0.4) is 0 Å². The second-order valence-electron chi connectivity index (χ2n) is 6.68. The monoisotopic (exact) mass is 460 g/mol. The van der Waals surface area contributed by atoms with E-state index < -0.39 is 10.0 Å². The molecule has 0 saturated carbocycles. The third-order valence-corrected chi connectivity index (χ3v) is 6.64. The molecule has 0 aliphatic heterocycles. The second kappa shape index (κ2) is 9.01. The zero-order chi connectivity index (χ0) is 22.6. The van der Waals surface area contributed by atoms with Crippen LogP contribution in [0.4, 0.5) is 10.8 Å². The molecule has 3 aromatic carbocycles. The third-order valence-electron chi connectivity index (χ3n) is 4.49. The van der Waals surface area contributed by atoms with E-state index in [1.165, 1.54) is 47.7 Å². The number of rotatable bonds is 6. The summed E-state index contributed by atoms with van der Waals surface area (Å²) in [5.74, 6) is -0.358. The highest BCUT2D eigenvalue weighted by Crippen LogP contribution is 2.25. The summed E-state index contributed by atoms with van der Waals surface area (Å²) in [7, 11) is -3.70. The van der Waals surface area contributed by atoms with Gasteiger partial charge >= 0.3 is 0 Å². The minimum absolute atomic E-state index is 0.156. The number of carbonyl (C=O) groups excluding carboxylic acids is 1. The van der Waals surface area contributed by atoms with Crippen molar-refractivity contribution in [2.45, 2.75) is 4.90 Å². The molecule has 158 valence electrons. The molecule has 0 spiro atoms. The Kier molecular flexibility index (Phi) is 5.98. The smallest absolute Gasteiger partial charge is 0.261 e. The predicted octanol–water partition coefficient (Wildman–Crippen LogP) is 4.73. The van der Waals surface area contributed by atoms with Gasteiger partial charge in [-0.15, -0.1) is 11.3 Å². The van der Waals surface area contributed by atoms with E-state index in [2.05, 4.69) is 21.1 Å². The molecule has 0 atom stereocenters. The van der Waals surface area contributed by atoms with Gasteiger partial charge in [0.05, 0.1) is 22.2 Å². The van der Waals surface area contributed by atoms with Crippen molar-refractivity contribution in [1.29, 1.82) is 5.26 Å². The van der Waals surface area contributed by atoms with Crippen LogP contribution in [0.25, 0.3) is 11.3 Å². The van der Waals surface area contributed by atoms with Gasteiger partial charge in [0, 0.05) is 22.2 Å². The molecule has 0 radical (unpaired) electrons. The van der Waals surface area contributed by atoms with Crippen molar-refractivity contribution in [3.05, 3.63) is 95.4 Å². The first-order valence-corrected chi connectivity index (χ1v) is 11.8. The highest BCUT2D eigenvalue weighted by atomic mass is 32.2. The Morgan fingerprint density at radius 1 is 0.938 bits per heavy atom. The van der Waals surface area contributed by atoms with Gasteiger partial charge in [-0.3, -0.25) is 14.8 Å². The van der Waals surface area contributed by atoms with Crippen LogP contribution < -0.4 is 10.0 Å². The number of anilines is 2. The predicted molar refractivity (Wildman–Crippen MR) is 124 cm³/mol. The fourth-order valence-electron chi connectivity index (χ4n) is 2.85. The van der Waals surface area contributed by atoms with E-state index in [0.29, 0.717) is 27.6 Å². The number of nitrogens with one attached hydrogen (secondary N) is 2. The van der Waals surface area contributed by atoms with Crippen LogP contribution in [-0.2, 0) is 10.0 Å². The van der Waals surface area contributed by atoms with Gasteiger partial charge in [-0.1, -0.05) is 30.3 Å². The average Bonchev–Trinajstić information content (AvgIpc) is 3.28. The number of nitriles is 1. The van der Waals surface area contributed by atoms with Gasteiger partial charge in [-0.05, 0) is 48.5 Å².